The van der Waals surface area contributed by atoms with E-state index in [1.54, 1.807) is 0 Å². The second-order valence-corrected chi connectivity index (χ2v) is 6.31. The molecule has 0 radical (unpaired) electrons. The summed E-state index contributed by atoms with van der Waals surface area (Å²) in [5, 5.41) is 0. The predicted octanol–water partition coefficient (Wildman–Crippen LogP) is 2.81. The highest BCUT2D eigenvalue weighted by atomic mass is 35.5. The summed E-state index contributed by atoms with van der Waals surface area (Å²) in [6.07, 6.45) is 2.62. The first-order chi connectivity index (χ1) is 7.91. The Morgan fingerprint density at radius 1 is 1.22 bits per heavy atom. The molecule has 0 bridgehead atoms. The molecular formula is C15H25ClN2. The fourth-order valence-electron chi connectivity index (χ4n) is 2.75. The smallest absolute Gasteiger partial charge is 0.0225 e. The zero-order valence-electron chi connectivity index (χ0n) is 11.6. The first kappa shape index (κ1) is 15.5. The van der Waals surface area contributed by atoms with Crippen LogP contribution in [0.4, 0.5) is 0 Å². The first-order valence-corrected chi connectivity index (χ1v) is 6.44. The third kappa shape index (κ3) is 3.98. The molecule has 1 aromatic carbocycles. The Balaban J connectivity index is 0.00000162. The van der Waals surface area contributed by atoms with Gasteiger partial charge in [-0.05, 0) is 39.3 Å². The highest BCUT2D eigenvalue weighted by Crippen LogP contribution is 2.48. The molecule has 0 heterocycles. The maximum absolute atomic E-state index is 6.07. The highest BCUT2D eigenvalue weighted by Gasteiger charge is 2.44. The molecule has 102 valence electrons. The molecule has 2 rings (SSSR count). The summed E-state index contributed by atoms with van der Waals surface area (Å²) in [6.45, 7) is 6.25. The summed E-state index contributed by atoms with van der Waals surface area (Å²) in [5.41, 5.74) is 7.85. The van der Waals surface area contributed by atoms with Crippen LogP contribution in [-0.2, 0) is 5.41 Å². The van der Waals surface area contributed by atoms with Crippen molar-refractivity contribution in [1.29, 1.82) is 0 Å². The average molecular weight is 269 g/mol. The van der Waals surface area contributed by atoms with Crippen LogP contribution in [0.3, 0.4) is 0 Å². The SMILES string of the molecule is CN(CC(C)(C)N)CC1(c2ccccc2)CC1.Cl. The van der Waals surface area contributed by atoms with Crippen molar-refractivity contribution in [2.75, 3.05) is 20.1 Å². The van der Waals surface area contributed by atoms with Crippen molar-refractivity contribution in [3.63, 3.8) is 0 Å². The summed E-state index contributed by atoms with van der Waals surface area (Å²) >= 11 is 0. The second kappa shape index (κ2) is 5.60. The lowest BCUT2D eigenvalue weighted by atomic mass is 9.95. The van der Waals surface area contributed by atoms with E-state index < -0.39 is 0 Å². The van der Waals surface area contributed by atoms with Crippen LogP contribution in [0.15, 0.2) is 30.3 Å². The summed E-state index contributed by atoms with van der Waals surface area (Å²) in [5.74, 6) is 0. The fourth-order valence-corrected chi connectivity index (χ4v) is 2.75. The van der Waals surface area contributed by atoms with Gasteiger partial charge in [0, 0.05) is 24.0 Å². The topological polar surface area (TPSA) is 29.3 Å². The molecule has 3 heteroatoms. The molecule has 1 fully saturated rings. The normalized spacial score (nSPS) is 17.4. The molecule has 1 saturated carbocycles. The summed E-state index contributed by atoms with van der Waals surface area (Å²) in [4.78, 5) is 2.38. The monoisotopic (exact) mass is 268 g/mol. The van der Waals surface area contributed by atoms with Gasteiger partial charge in [0.15, 0.2) is 0 Å². The Hall–Kier alpha value is -0.570. The predicted molar refractivity (Wildman–Crippen MR) is 80.4 cm³/mol. The molecule has 0 spiro atoms. The minimum absolute atomic E-state index is 0. The highest BCUT2D eigenvalue weighted by molar-refractivity contribution is 5.85. The molecule has 0 atom stereocenters. The number of hydrogen-bond acceptors (Lipinski definition) is 2. The van der Waals surface area contributed by atoms with Crippen molar-refractivity contribution in [1.82, 2.24) is 4.90 Å². The standard InChI is InChI=1S/C15H24N2.ClH/c1-14(2,16)11-17(3)12-15(9-10-15)13-7-5-4-6-8-13;/h4-8H,9-12,16H2,1-3H3;1H. The van der Waals surface area contributed by atoms with E-state index in [4.69, 9.17) is 5.73 Å². The van der Waals surface area contributed by atoms with Crippen molar-refractivity contribution in [3.8, 4) is 0 Å². The quantitative estimate of drug-likeness (QED) is 0.890. The molecule has 2 N–H and O–H groups in total. The lowest BCUT2D eigenvalue weighted by molar-refractivity contribution is 0.249. The van der Waals surface area contributed by atoms with E-state index in [0.29, 0.717) is 5.41 Å². The maximum Gasteiger partial charge on any atom is 0.0225 e. The van der Waals surface area contributed by atoms with Crippen molar-refractivity contribution < 1.29 is 0 Å². The Morgan fingerprint density at radius 3 is 2.22 bits per heavy atom. The van der Waals surface area contributed by atoms with Crippen LogP contribution in [0.25, 0.3) is 0 Å². The van der Waals surface area contributed by atoms with Gasteiger partial charge in [-0.2, -0.15) is 0 Å². The van der Waals surface area contributed by atoms with Gasteiger partial charge in [0.1, 0.15) is 0 Å². The number of hydrogen-bond donors (Lipinski definition) is 1. The Labute approximate surface area is 117 Å². The molecule has 2 nitrogen and oxygen atoms in total. The van der Waals surface area contributed by atoms with E-state index in [1.807, 2.05) is 0 Å². The van der Waals surface area contributed by atoms with Crippen molar-refractivity contribution in [2.45, 2.75) is 37.6 Å². The number of halogens is 1. The molecule has 0 saturated heterocycles. The molecular weight excluding hydrogens is 244 g/mol. The molecule has 0 unspecified atom stereocenters. The molecule has 1 aromatic rings. The van der Waals surface area contributed by atoms with Gasteiger partial charge in [-0.1, -0.05) is 30.3 Å². The number of nitrogens with two attached hydrogens (primary N) is 1. The Kier molecular flexibility index (Phi) is 4.82. The maximum atomic E-state index is 6.07. The van der Waals surface area contributed by atoms with Crippen molar-refractivity contribution in [3.05, 3.63) is 35.9 Å². The van der Waals surface area contributed by atoms with Crippen LogP contribution >= 0.6 is 12.4 Å². The largest absolute Gasteiger partial charge is 0.324 e. The van der Waals surface area contributed by atoms with Crippen molar-refractivity contribution in [2.24, 2.45) is 5.73 Å². The van der Waals surface area contributed by atoms with Gasteiger partial charge < -0.3 is 10.6 Å². The number of rotatable bonds is 5. The lowest BCUT2D eigenvalue weighted by Gasteiger charge is -2.30. The van der Waals surface area contributed by atoms with E-state index in [9.17, 15) is 0 Å². The third-order valence-corrected chi connectivity index (χ3v) is 3.49. The zero-order valence-corrected chi connectivity index (χ0v) is 12.5. The third-order valence-electron chi connectivity index (χ3n) is 3.49. The van der Waals surface area contributed by atoms with Gasteiger partial charge in [-0.25, -0.2) is 0 Å². The Morgan fingerprint density at radius 2 is 1.78 bits per heavy atom. The van der Waals surface area contributed by atoms with Crippen LogP contribution in [0, 0.1) is 0 Å². The van der Waals surface area contributed by atoms with E-state index in [2.05, 4.69) is 56.1 Å². The molecule has 0 amide bonds. The van der Waals surface area contributed by atoms with Crippen LogP contribution < -0.4 is 5.73 Å². The first-order valence-electron chi connectivity index (χ1n) is 6.44. The fraction of sp³-hybridized carbons (Fsp3) is 0.600. The van der Waals surface area contributed by atoms with E-state index in [-0.39, 0.29) is 17.9 Å². The zero-order chi connectivity index (χ0) is 12.5. The van der Waals surface area contributed by atoms with Gasteiger partial charge in [0.25, 0.3) is 0 Å². The number of benzene rings is 1. The molecule has 18 heavy (non-hydrogen) atoms. The summed E-state index contributed by atoms with van der Waals surface area (Å²) < 4.78 is 0. The van der Waals surface area contributed by atoms with Crippen LogP contribution in [0.1, 0.15) is 32.3 Å². The molecule has 1 aliphatic carbocycles. The van der Waals surface area contributed by atoms with Gasteiger partial charge in [0.2, 0.25) is 0 Å². The summed E-state index contributed by atoms with van der Waals surface area (Å²) in [7, 11) is 2.18. The average Bonchev–Trinajstić information content (AvgIpc) is 2.97. The Bertz CT molecular complexity index is 366. The van der Waals surface area contributed by atoms with Gasteiger partial charge in [-0.15, -0.1) is 12.4 Å². The van der Waals surface area contributed by atoms with Crippen LogP contribution in [-0.4, -0.2) is 30.6 Å². The van der Waals surface area contributed by atoms with Crippen molar-refractivity contribution >= 4 is 12.4 Å². The second-order valence-electron chi connectivity index (χ2n) is 6.31. The minimum atomic E-state index is -0.110. The van der Waals surface area contributed by atoms with Gasteiger partial charge in [-0.3, -0.25) is 0 Å². The number of nitrogens with zero attached hydrogens (tertiary/aromatic N) is 1. The van der Waals surface area contributed by atoms with E-state index in [0.717, 1.165) is 13.1 Å². The van der Waals surface area contributed by atoms with Gasteiger partial charge >= 0.3 is 0 Å². The van der Waals surface area contributed by atoms with Crippen LogP contribution in [0.2, 0.25) is 0 Å². The lowest BCUT2D eigenvalue weighted by Crippen LogP contribution is -2.45. The van der Waals surface area contributed by atoms with E-state index >= 15 is 0 Å². The van der Waals surface area contributed by atoms with Crippen LogP contribution in [0.5, 0.6) is 0 Å². The van der Waals surface area contributed by atoms with E-state index in [1.165, 1.54) is 18.4 Å². The van der Waals surface area contributed by atoms with Gasteiger partial charge in [0.05, 0.1) is 0 Å². The summed E-state index contributed by atoms with van der Waals surface area (Å²) in [6, 6.07) is 10.9. The molecule has 0 aliphatic heterocycles. The molecule has 1 aliphatic rings. The number of likely N-dealkylation sites (N-methyl/N-ethyl adjacent to an activating group) is 1. The molecule has 0 aromatic heterocycles. The minimum Gasteiger partial charge on any atom is -0.324 e.